The molecule has 1 saturated heterocycles. The van der Waals surface area contributed by atoms with Crippen molar-refractivity contribution in [2.75, 3.05) is 25.0 Å². The van der Waals surface area contributed by atoms with Crippen LogP contribution in [0.25, 0.3) is 0 Å². The molecule has 0 bridgehead atoms. The Balaban J connectivity index is 2.28. The number of hydrogen-bond donors (Lipinski definition) is 1. The number of aliphatic hydroxyl groups is 1. The molecule has 0 aromatic carbocycles. The van der Waals surface area contributed by atoms with Crippen LogP contribution in [0.15, 0.2) is 0 Å². The SMILES string of the molecule is OC(CBr)CN1CCC(F)(F)C1. The van der Waals surface area contributed by atoms with Crippen molar-refractivity contribution < 1.29 is 13.9 Å². The molecule has 1 rings (SSSR count). The van der Waals surface area contributed by atoms with Crippen LogP contribution in [0, 0.1) is 0 Å². The van der Waals surface area contributed by atoms with Crippen LogP contribution in [-0.2, 0) is 0 Å². The van der Waals surface area contributed by atoms with E-state index in [9.17, 15) is 8.78 Å². The first-order valence-electron chi connectivity index (χ1n) is 3.88. The third-order valence-electron chi connectivity index (χ3n) is 1.90. The molecule has 0 aromatic heterocycles. The minimum atomic E-state index is -2.55. The molecule has 1 aliphatic rings. The summed E-state index contributed by atoms with van der Waals surface area (Å²) in [6.45, 7) is 0.509. The van der Waals surface area contributed by atoms with Gasteiger partial charge < -0.3 is 5.11 Å². The third kappa shape index (κ3) is 2.95. The maximum Gasteiger partial charge on any atom is 0.261 e. The fraction of sp³-hybridized carbons (Fsp3) is 1.00. The Hall–Kier alpha value is 0.260. The maximum absolute atomic E-state index is 12.6. The fourth-order valence-corrected chi connectivity index (χ4v) is 1.51. The molecule has 0 amide bonds. The molecule has 5 heteroatoms. The highest BCUT2D eigenvalue weighted by Crippen LogP contribution is 2.26. The van der Waals surface area contributed by atoms with Gasteiger partial charge in [-0.05, 0) is 0 Å². The lowest BCUT2D eigenvalue weighted by Crippen LogP contribution is -2.33. The quantitative estimate of drug-likeness (QED) is 0.751. The predicted octanol–water partition coefficient (Wildman–Crippen LogP) is 1.08. The molecule has 1 fully saturated rings. The molecule has 0 radical (unpaired) electrons. The van der Waals surface area contributed by atoms with Gasteiger partial charge in [0, 0.05) is 24.8 Å². The summed E-state index contributed by atoms with van der Waals surface area (Å²) < 4.78 is 25.2. The summed E-state index contributed by atoms with van der Waals surface area (Å²) in [7, 11) is 0. The largest absolute Gasteiger partial charge is 0.391 e. The van der Waals surface area contributed by atoms with Crippen molar-refractivity contribution in [3.63, 3.8) is 0 Å². The van der Waals surface area contributed by atoms with Crippen LogP contribution in [0.5, 0.6) is 0 Å². The Morgan fingerprint density at radius 3 is 2.67 bits per heavy atom. The van der Waals surface area contributed by atoms with Gasteiger partial charge in [0.2, 0.25) is 0 Å². The number of rotatable bonds is 3. The van der Waals surface area contributed by atoms with Gasteiger partial charge in [-0.3, -0.25) is 4.90 Å². The van der Waals surface area contributed by atoms with E-state index in [0.717, 1.165) is 0 Å². The van der Waals surface area contributed by atoms with Crippen molar-refractivity contribution in [1.29, 1.82) is 0 Å². The molecular weight excluding hydrogens is 232 g/mol. The van der Waals surface area contributed by atoms with Crippen molar-refractivity contribution in [2.24, 2.45) is 0 Å². The molecule has 1 unspecified atom stereocenters. The van der Waals surface area contributed by atoms with E-state index in [1.807, 2.05) is 0 Å². The smallest absolute Gasteiger partial charge is 0.261 e. The molecule has 72 valence electrons. The van der Waals surface area contributed by atoms with Crippen LogP contribution >= 0.6 is 15.9 Å². The highest BCUT2D eigenvalue weighted by Gasteiger charge is 2.38. The van der Waals surface area contributed by atoms with Gasteiger partial charge in [0.25, 0.3) is 5.92 Å². The number of aliphatic hydroxyl groups excluding tert-OH is 1. The lowest BCUT2D eigenvalue weighted by atomic mass is 10.3. The van der Waals surface area contributed by atoms with Gasteiger partial charge in [0.15, 0.2) is 0 Å². The zero-order valence-corrected chi connectivity index (χ0v) is 8.23. The Labute approximate surface area is 78.7 Å². The Morgan fingerprint density at radius 1 is 1.58 bits per heavy atom. The van der Waals surface area contributed by atoms with Crippen LogP contribution in [0.3, 0.4) is 0 Å². The van der Waals surface area contributed by atoms with Crippen LogP contribution in [-0.4, -0.2) is 47.0 Å². The second-order valence-corrected chi connectivity index (χ2v) is 3.80. The zero-order chi connectivity index (χ0) is 9.19. The Kier molecular flexibility index (Phi) is 3.43. The topological polar surface area (TPSA) is 23.5 Å². The Morgan fingerprint density at radius 2 is 2.25 bits per heavy atom. The summed E-state index contributed by atoms with van der Waals surface area (Å²) in [6, 6.07) is 0. The van der Waals surface area contributed by atoms with Gasteiger partial charge >= 0.3 is 0 Å². The van der Waals surface area contributed by atoms with Gasteiger partial charge in [-0.25, -0.2) is 8.78 Å². The van der Waals surface area contributed by atoms with Crippen molar-refractivity contribution in [3.8, 4) is 0 Å². The van der Waals surface area contributed by atoms with E-state index in [2.05, 4.69) is 15.9 Å². The summed E-state index contributed by atoms with van der Waals surface area (Å²) in [6.07, 6.45) is -0.624. The molecule has 0 aromatic rings. The lowest BCUT2D eigenvalue weighted by molar-refractivity contribution is 0.00857. The average Bonchev–Trinajstić information content (AvgIpc) is 2.30. The molecule has 1 atom stereocenters. The standard InChI is InChI=1S/C7H12BrF2NO/c8-3-6(12)4-11-2-1-7(9,10)5-11/h6,12H,1-5H2. The number of β-amino-alcohol motifs (C(OH)–C–C–N with tert-alkyl or cyclic N) is 1. The number of hydrogen-bond acceptors (Lipinski definition) is 2. The first-order chi connectivity index (χ1) is 5.53. The molecule has 0 aliphatic carbocycles. The van der Waals surface area contributed by atoms with Gasteiger partial charge in [0.05, 0.1) is 12.6 Å². The van der Waals surface area contributed by atoms with E-state index in [1.165, 1.54) is 0 Å². The van der Waals surface area contributed by atoms with Gasteiger partial charge in [0.1, 0.15) is 0 Å². The summed E-state index contributed by atoms with van der Waals surface area (Å²) in [5.74, 6) is -2.55. The summed E-state index contributed by atoms with van der Waals surface area (Å²) in [5.41, 5.74) is 0. The number of likely N-dealkylation sites (tertiary alicyclic amines) is 1. The van der Waals surface area contributed by atoms with Crippen LogP contribution in [0.2, 0.25) is 0 Å². The van der Waals surface area contributed by atoms with Gasteiger partial charge in [-0.1, -0.05) is 15.9 Å². The Bertz CT molecular complexity index is 156. The van der Waals surface area contributed by atoms with Gasteiger partial charge in [-0.2, -0.15) is 0 Å². The highest BCUT2D eigenvalue weighted by atomic mass is 79.9. The number of halogens is 3. The molecule has 0 saturated carbocycles. The molecule has 0 spiro atoms. The number of nitrogens with zero attached hydrogens (tertiary/aromatic N) is 1. The third-order valence-corrected chi connectivity index (χ3v) is 2.64. The lowest BCUT2D eigenvalue weighted by Gasteiger charge is -2.17. The normalized spacial score (nSPS) is 26.0. The van der Waals surface area contributed by atoms with Crippen LogP contribution in [0.4, 0.5) is 8.78 Å². The van der Waals surface area contributed by atoms with E-state index < -0.39 is 12.0 Å². The van der Waals surface area contributed by atoms with Gasteiger partial charge in [-0.15, -0.1) is 0 Å². The minimum Gasteiger partial charge on any atom is -0.391 e. The summed E-state index contributed by atoms with van der Waals surface area (Å²) in [5, 5.41) is 9.59. The molecule has 1 aliphatic heterocycles. The maximum atomic E-state index is 12.6. The van der Waals surface area contributed by atoms with E-state index >= 15 is 0 Å². The molecular formula is C7H12BrF2NO. The van der Waals surface area contributed by atoms with E-state index in [0.29, 0.717) is 18.4 Å². The van der Waals surface area contributed by atoms with Crippen molar-refractivity contribution >= 4 is 15.9 Å². The van der Waals surface area contributed by atoms with Crippen LogP contribution < -0.4 is 0 Å². The van der Waals surface area contributed by atoms with Crippen LogP contribution in [0.1, 0.15) is 6.42 Å². The second-order valence-electron chi connectivity index (χ2n) is 3.15. The highest BCUT2D eigenvalue weighted by molar-refractivity contribution is 9.09. The molecule has 1 N–H and O–H groups in total. The monoisotopic (exact) mass is 243 g/mol. The average molecular weight is 244 g/mol. The summed E-state index contributed by atoms with van der Waals surface area (Å²) in [4.78, 5) is 1.59. The summed E-state index contributed by atoms with van der Waals surface area (Å²) >= 11 is 3.09. The van der Waals surface area contributed by atoms with E-state index in [4.69, 9.17) is 5.11 Å². The van der Waals surface area contributed by atoms with Crippen molar-refractivity contribution in [1.82, 2.24) is 4.90 Å². The predicted molar refractivity (Wildman–Crippen MR) is 45.8 cm³/mol. The van der Waals surface area contributed by atoms with E-state index in [-0.39, 0.29) is 13.0 Å². The second kappa shape index (κ2) is 3.98. The van der Waals surface area contributed by atoms with E-state index in [1.54, 1.807) is 4.90 Å². The number of alkyl halides is 3. The minimum absolute atomic E-state index is 0.0813. The molecule has 1 heterocycles. The molecule has 2 nitrogen and oxygen atoms in total. The zero-order valence-electron chi connectivity index (χ0n) is 6.64. The van der Waals surface area contributed by atoms with Crippen molar-refractivity contribution in [2.45, 2.75) is 18.4 Å². The fourth-order valence-electron chi connectivity index (χ4n) is 1.31. The van der Waals surface area contributed by atoms with Crippen molar-refractivity contribution in [3.05, 3.63) is 0 Å². The first kappa shape index (κ1) is 10.3. The first-order valence-corrected chi connectivity index (χ1v) is 5.00. The molecule has 12 heavy (non-hydrogen) atoms.